The van der Waals surface area contributed by atoms with Crippen LogP contribution in [0.3, 0.4) is 0 Å². The van der Waals surface area contributed by atoms with Gasteiger partial charge in [0.05, 0.1) is 12.7 Å². The zero-order valence-corrected chi connectivity index (χ0v) is 16.2. The van der Waals surface area contributed by atoms with Crippen molar-refractivity contribution in [3.05, 3.63) is 59.2 Å². The van der Waals surface area contributed by atoms with Gasteiger partial charge in [0.15, 0.2) is 11.6 Å². The van der Waals surface area contributed by atoms with E-state index in [0.29, 0.717) is 17.1 Å². The summed E-state index contributed by atoms with van der Waals surface area (Å²) in [5.41, 5.74) is 4.00. The molecule has 0 bridgehead atoms. The number of benzene rings is 2. The fraction of sp³-hybridized carbons (Fsp3) is 0.273. The molecule has 1 aliphatic carbocycles. The second-order valence-electron chi connectivity index (χ2n) is 7.02. The molecule has 0 spiro atoms. The molecule has 7 nitrogen and oxygen atoms in total. The summed E-state index contributed by atoms with van der Waals surface area (Å²) in [6, 6.07) is 13.3. The Kier molecular flexibility index (Phi) is 5.37. The van der Waals surface area contributed by atoms with Crippen molar-refractivity contribution >= 4 is 17.6 Å². The Hall–Kier alpha value is -3.48. The van der Waals surface area contributed by atoms with Gasteiger partial charge in [-0.1, -0.05) is 24.3 Å². The average molecular weight is 390 g/mol. The quantitative estimate of drug-likeness (QED) is 0.601. The van der Waals surface area contributed by atoms with Crippen LogP contribution in [-0.2, 0) is 17.6 Å². The van der Waals surface area contributed by atoms with Crippen LogP contribution >= 0.6 is 0 Å². The van der Waals surface area contributed by atoms with Crippen LogP contribution in [0.1, 0.15) is 40.7 Å². The summed E-state index contributed by atoms with van der Waals surface area (Å²) in [6.45, 7) is 0. The maximum absolute atomic E-state index is 12.4. The number of ketones is 1. The third-order valence-corrected chi connectivity index (χ3v) is 5.10. The number of H-pyrrole nitrogens is 1. The molecule has 3 aromatic rings. The van der Waals surface area contributed by atoms with Crippen LogP contribution in [0, 0.1) is 0 Å². The Morgan fingerprint density at radius 1 is 1.10 bits per heavy atom. The van der Waals surface area contributed by atoms with E-state index in [1.54, 1.807) is 7.11 Å². The number of carbonyl (C=O) groups is 2. The Labute approximate surface area is 168 Å². The first kappa shape index (κ1) is 18.9. The van der Waals surface area contributed by atoms with Crippen molar-refractivity contribution in [2.75, 3.05) is 12.4 Å². The largest absolute Gasteiger partial charge is 0.496 e. The van der Waals surface area contributed by atoms with Gasteiger partial charge in [0.2, 0.25) is 11.9 Å². The topological polar surface area (TPSA) is 97.0 Å². The van der Waals surface area contributed by atoms with E-state index in [9.17, 15) is 9.59 Å². The number of hydrogen-bond donors (Lipinski definition) is 2. The van der Waals surface area contributed by atoms with Crippen LogP contribution in [0.5, 0.6) is 5.75 Å². The summed E-state index contributed by atoms with van der Waals surface area (Å²) in [5.74, 6) is 0.985. The predicted molar refractivity (Wildman–Crippen MR) is 109 cm³/mol. The van der Waals surface area contributed by atoms with Gasteiger partial charge in [-0.15, -0.1) is 5.10 Å². The van der Waals surface area contributed by atoms with E-state index >= 15 is 0 Å². The molecule has 0 atom stereocenters. The minimum atomic E-state index is -0.301. The molecule has 2 aromatic carbocycles. The van der Waals surface area contributed by atoms with Crippen LogP contribution in [0.15, 0.2) is 42.5 Å². The highest BCUT2D eigenvalue weighted by Crippen LogP contribution is 2.27. The number of hydrogen-bond acceptors (Lipinski definition) is 5. The Morgan fingerprint density at radius 3 is 2.79 bits per heavy atom. The first-order valence-corrected chi connectivity index (χ1v) is 9.64. The zero-order valence-electron chi connectivity index (χ0n) is 16.2. The molecule has 1 amide bonds. The third kappa shape index (κ3) is 4.18. The lowest BCUT2D eigenvalue weighted by atomic mass is 10.0. The molecular formula is C22H22N4O3. The number of carbonyl (C=O) groups excluding carboxylic acids is 2. The molecule has 1 aliphatic rings. The maximum atomic E-state index is 12.4. The Morgan fingerprint density at radius 2 is 1.93 bits per heavy atom. The van der Waals surface area contributed by atoms with Crippen molar-refractivity contribution in [2.45, 2.75) is 32.1 Å². The molecule has 29 heavy (non-hydrogen) atoms. The number of nitrogens with zero attached hydrogens (tertiary/aromatic N) is 2. The predicted octanol–water partition coefficient (Wildman–Crippen LogP) is 3.57. The first-order chi connectivity index (χ1) is 14.1. The monoisotopic (exact) mass is 390 g/mol. The summed E-state index contributed by atoms with van der Waals surface area (Å²) in [4.78, 5) is 28.9. The van der Waals surface area contributed by atoms with Crippen LogP contribution < -0.4 is 10.1 Å². The van der Waals surface area contributed by atoms with Crippen molar-refractivity contribution in [3.8, 4) is 17.1 Å². The number of anilines is 1. The van der Waals surface area contributed by atoms with Gasteiger partial charge in [-0.05, 0) is 48.6 Å². The van der Waals surface area contributed by atoms with Gasteiger partial charge in [0, 0.05) is 18.4 Å². The zero-order chi connectivity index (χ0) is 20.2. The second-order valence-corrected chi connectivity index (χ2v) is 7.02. The highest BCUT2D eigenvalue weighted by molar-refractivity contribution is 5.99. The van der Waals surface area contributed by atoms with E-state index in [0.717, 1.165) is 24.8 Å². The molecule has 0 saturated heterocycles. The molecular weight excluding hydrogens is 368 g/mol. The van der Waals surface area contributed by atoms with Gasteiger partial charge in [0.25, 0.3) is 0 Å². The number of methoxy groups -OCH3 is 1. The van der Waals surface area contributed by atoms with E-state index in [4.69, 9.17) is 4.74 Å². The van der Waals surface area contributed by atoms with Gasteiger partial charge < -0.3 is 4.74 Å². The van der Waals surface area contributed by atoms with E-state index < -0.39 is 0 Å². The summed E-state index contributed by atoms with van der Waals surface area (Å²) < 4.78 is 5.31. The minimum absolute atomic E-state index is 0.0282. The lowest BCUT2D eigenvalue weighted by molar-refractivity contribution is -0.116. The number of rotatable bonds is 7. The molecule has 4 rings (SSSR count). The van der Waals surface area contributed by atoms with Crippen LogP contribution in [0.4, 0.5) is 5.95 Å². The SMILES string of the molecule is COc1ccccc1-c1nc(NC(=O)CCC(=O)c2ccc3c(c2)CCC3)n[nH]1. The van der Waals surface area contributed by atoms with Gasteiger partial charge in [-0.2, -0.15) is 4.98 Å². The molecule has 0 aliphatic heterocycles. The van der Waals surface area contributed by atoms with Crippen molar-refractivity contribution in [1.29, 1.82) is 0 Å². The molecule has 0 radical (unpaired) electrons. The number of aromatic amines is 1. The highest BCUT2D eigenvalue weighted by atomic mass is 16.5. The van der Waals surface area contributed by atoms with Crippen molar-refractivity contribution < 1.29 is 14.3 Å². The summed E-state index contributed by atoms with van der Waals surface area (Å²) in [7, 11) is 1.58. The first-order valence-electron chi connectivity index (χ1n) is 9.64. The van der Waals surface area contributed by atoms with Crippen LogP contribution in [-0.4, -0.2) is 34.0 Å². The number of nitrogens with one attached hydrogen (secondary N) is 2. The molecule has 1 aromatic heterocycles. The number of ether oxygens (including phenoxy) is 1. The van der Waals surface area contributed by atoms with Crippen molar-refractivity contribution in [1.82, 2.24) is 15.2 Å². The molecule has 148 valence electrons. The summed E-state index contributed by atoms with van der Waals surface area (Å²) >= 11 is 0. The Bertz CT molecular complexity index is 1060. The number of aryl methyl sites for hydroxylation is 2. The van der Waals surface area contributed by atoms with Crippen molar-refractivity contribution in [2.24, 2.45) is 0 Å². The lowest BCUT2D eigenvalue weighted by Crippen LogP contribution is -2.14. The summed E-state index contributed by atoms with van der Waals surface area (Å²) in [5, 5.41) is 9.45. The van der Waals surface area contributed by atoms with E-state index in [2.05, 4.69) is 20.5 Å². The normalized spacial score (nSPS) is 12.4. The number of amides is 1. The smallest absolute Gasteiger partial charge is 0.249 e. The fourth-order valence-corrected chi connectivity index (χ4v) is 3.58. The molecule has 7 heteroatoms. The number of aromatic nitrogens is 3. The van der Waals surface area contributed by atoms with E-state index in [1.807, 2.05) is 42.5 Å². The molecule has 0 fully saturated rings. The van der Waals surface area contributed by atoms with Gasteiger partial charge in [-0.3, -0.25) is 20.0 Å². The molecule has 0 saturated carbocycles. The van der Waals surface area contributed by atoms with Gasteiger partial charge in [-0.25, -0.2) is 0 Å². The van der Waals surface area contributed by atoms with Gasteiger partial charge >= 0.3 is 0 Å². The number of Topliss-reactive ketones (excluding diaryl/α,β-unsaturated/α-hetero) is 1. The number of fused-ring (bicyclic) bond motifs is 1. The molecule has 2 N–H and O–H groups in total. The standard InChI is InChI=1S/C22H22N4O3/c1-29-19-8-3-2-7-17(19)21-24-22(26-25-21)23-20(28)12-11-18(27)16-10-9-14-5-4-6-15(14)13-16/h2-3,7-10,13H,4-6,11-12H2,1H3,(H2,23,24,25,26,28). The minimum Gasteiger partial charge on any atom is -0.496 e. The van der Waals surface area contributed by atoms with E-state index in [1.165, 1.54) is 11.1 Å². The second kappa shape index (κ2) is 8.26. The van der Waals surface area contributed by atoms with Crippen molar-refractivity contribution in [3.63, 3.8) is 0 Å². The van der Waals surface area contributed by atoms with Crippen LogP contribution in [0.25, 0.3) is 11.4 Å². The average Bonchev–Trinajstić information content (AvgIpc) is 3.40. The highest BCUT2D eigenvalue weighted by Gasteiger charge is 2.16. The van der Waals surface area contributed by atoms with Gasteiger partial charge in [0.1, 0.15) is 5.75 Å². The van der Waals surface area contributed by atoms with Crippen LogP contribution in [0.2, 0.25) is 0 Å². The van der Waals surface area contributed by atoms with E-state index in [-0.39, 0.29) is 30.5 Å². The summed E-state index contributed by atoms with van der Waals surface area (Å²) in [6.07, 6.45) is 3.47. The maximum Gasteiger partial charge on any atom is 0.249 e. The Balaban J connectivity index is 1.34. The lowest BCUT2D eigenvalue weighted by Gasteiger charge is -2.05. The third-order valence-electron chi connectivity index (χ3n) is 5.10. The number of para-hydroxylation sites is 1. The molecule has 1 heterocycles. The fourth-order valence-electron chi connectivity index (χ4n) is 3.58. The molecule has 0 unspecified atom stereocenters.